The number of nitrogens with zero attached hydrogens (tertiary/aromatic N) is 1. The number of nitrogens with one attached hydrogen (secondary N) is 1. The fourth-order valence-corrected chi connectivity index (χ4v) is 3.13. The summed E-state index contributed by atoms with van der Waals surface area (Å²) in [6.07, 6.45) is 4.30. The zero-order chi connectivity index (χ0) is 17.8. The SMILES string of the molecule is O=C(C[C@H](c1ccccc1)n1cccc1)Nc1ccc2c(c1)OCCO2. The summed E-state index contributed by atoms with van der Waals surface area (Å²) < 4.78 is 13.1. The number of benzene rings is 2. The van der Waals surface area contributed by atoms with E-state index in [1.807, 2.05) is 67.0 Å². The molecule has 1 aromatic heterocycles. The van der Waals surface area contributed by atoms with Gasteiger partial charge in [-0.1, -0.05) is 30.3 Å². The third-order valence-electron chi connectivity index (χ3n) is 4.38. The van der Waals surface area contributed by atoms with Gasteiger partial charge < -0.3 is 19.4 Å². The van der Waals surface area contributed by atoms with Crippen LogP contribution in [0.5, 0.6) is 11.5 Å². The Bertz CT molecular complexity index is 876. The first-order chi connectivity index (χ1) is 12.8. The molecule has 5 nitrogen and oxygen atoms in total. The number of ether oxygens (including phenoxy) is 2. The van der Waals surface area contributed by atoms with Gasteiger partial charge in [-0.2, -0.15) is 0 Å². The molecule has 3 aromatic rings. The molecule has 0 radical (unpaired) electrons. The van der Waals surface area contributed by atoms with Crippen molar-refractivity contribution < 1.29 is 14.3 Å². The minimum atomic E-state index is -0.0524. The fraction of sp³-hybridized carbons (Fsp3) is 0.190. The number of hydrogen-bond acceptors (Lipinski definition) is 3. The van der Waals surface area contributed by atoms with E-state index in [-0.39, 0.29) is 11.9 Å². The molecule has 26 heavy (non-hydrogen) atoms. The molecule has 0 aliphatic carbocycles. The largest absolute Gasteiger partial charge is 0.486 e. The lowest BCUT2D eigenvalue weighted by atomic mass is 10.0. The molecule has 4 rings (SSSR count). The van der Waals surface area contributed by atoms with E-state index in [0.717, 1.165) is 5.56 Å². The van der Waals surface area contributed by atoms with Crippen LogP contribution in [0.1, 0.15) is 18.0 Å². The quantitative estimate of drug-likeness (QED) is 0.761. The van der Waals surface area contributed by atoms with E-state index in [2.05, 4.69) is 9.88 Å². The molecule has 1 amide bonds. The molecule has 1 N–H and O–H groups in total. The van der Waals surface area contributed by atoms with Gasteiger partial charge in [-0.25, -0.2) is 0 Å². The predicted molar refractivity (Wildman–Crippen MR) is 99.7 cm³/mol. The van der Waals surface area contributed by atoms with Crippen molar-refractivity contribution in [3.8, 4) is 11.5 Å². The van der Waals surface area contributed by atoms with Crippen LogP contribution < -0.4 is 14.8 Å². The Morgan fingerprint density at radius 3 is 2.46 bits per heavy atom. The van der Waals surface area contributed by atoms with Gasteiger partial charge in [-0.05, 0) is 29.8 Å². The fourth-order valence-electron chi connectivity index (χ4n) is 3.13. The number of aromatic nitrogens is 1. The van der Waals surface area contributed by atoms with E-state index in [1.54, 1.807) is 6.07 Å². The molecular formula is C21H20N2O3. The summed E-state index contributed by atoms with van der Waals surface area (Å²) in [5.41, 5.74) is 1.81. The molecule has 132 valence electrons. The van der Waals surface area contributed by atoms with E-state index in [1.165, 1.54) is 0 Å². The minimum absolute atomic E-state index is 0.0516. The van der Waals surface area contributed by atoms with Crippen molar-refractivity contribution in [1.29, 1.82) is 0 Å². The monoisotopic (exact) mass is 348 g/mol. The Hall–Kier alpha value is -3.21. The van der Waals surface area contributed by atoms with E-state index in [9.17, 15) is 4.79 Å². The van der Waals surface area contributed by atoms with Crippen LogP contribution in [0.3, 0.4) is 0 Å². The molecule has 2 aromatic carbocycles. The summed E-state index contributed by atoms with van der Waals surface area (Å²) in [6, 6.07) is 19.4. The maximum absolute atomic E-state index is 12.7. The van der Waals surface area contributed by atoms with Crippen LogP contribution in [0.15, 0.2) is 73.1 Å². The van der Waals surface area contributed by atoms with Gasteiger partial charge in [-0.3, -0.25) is 4.79 Å². The third kappa shape index (κ3) is 3.57. The van der Waals surface area contributed by atoms with Gasteiger partial charge in [-0.15, -0.1) is 0 Å². The molecular weight excluding hydrogens is 328 g/mol. The average molecular weight is 348 g/mol. The normalized spacial score (nSPS) is 13.8. The standard InChI is InChI=1S/C21H20N2O3/c24-21(22-17-8-9-19-20(14-17)26-13-12-25-19)15-18(23-10-4-5-11-23)16-6-2-1-3-7-16/h1-11,14,18H,12-13,15H2,(H,22,24)/t18-/m1/s1. The highest BCUT2D eigenvalue weighted by atomic mass is 16.6. The molecule has 1 aliphatic heterocycles. The summed E-state index contributed by atoms with van der Waals surface area (Å²) in [6.45, 7) is 1.07. The average Bonchev–Trinajstić information content (AvgIpc) is 3.21. The second kappa shape index (κ2) is 7.35. The van der Waals surface area contributed by atoms with Crippen LogP contribution >= 0.6 is 0 Å². The summed E-state index contributed by atoms with van der Waals surface area (Å²) >= 11 is 0. The molecule has 0 saturated heterocycles. The molecule has 0 fully saturated rings. The van der Waals surface area contributed by atoms with Crippen molar-refractivity contribution in [3.05, 3.63) is 78.6 Å². The zero-order valence-electron chi connectivity index (χ0n) is 14.3. The van der Waals surface area contributed by atoms with Gasteiger partial charge in [0.2, 0.25) is 5.91 Å². The molecule has 0 bridgehead atoms. The number of carbonyl (C=O) groups excluding carboxylic acids is 1. The number of anilines is 1. The number of hydrogen-bond donors (Lipinski definition) is 1. The van der Waals surface area contributed by atoms with Crippen molar-refractivity contribution in [1.82, 2.24) is 4.57 Å². The van der Waals surface area contributed by atoms with E-state index >= 15 is 0 Å². The Morgan fingerprint density at radius 2 is 1.69 bits per heavy atom. The van der Waals surface area contributed by atoms with Crippen molar-refractivity contribution in [2.75, 3.05) is 18.5 Å². The van der Waals surface area contributed by atoms with E-state index in [0.29, 0.717) is 36.8 Å². The Morgan fingerprint density at radius 1 is 0.962 bits per heavy atom. The van der Waals surface area contributed by atoms with Gasteiger partial charge >= 0.3 is 0 Å². The number of carbonyl (C=O) groups is 1. The van der Waals surface area contributed by atoms with Gasteiger partial charge in [0, 0.05) is 24.1 Å². The van der Waals surface area contributed by atoms with Gasteiger partial charge in [0.1, 0.15) is 13.2 Å². The lowest BCUT2D eigenvalue weighted by Crippen LogP contribution is -2.20. The lowest BCUT2D eigenvalue weighted by molar-refractivity contribution is -0.116. The maximum Gasteiger partial charge on any atom is 0.226 e. The van der Waals surface area contributed by atoms with Gasteiger partial charge in [0.05, 0.1) is 12.5 Å². The van der Waals surface area contributed by atoms with Crippen LogP contribution in [-0.4, -0.2) is 23.7 Å². The van der Waals surface area contributed by atoms with Crippen molar-refractivity contribution in [2.24, 2.45) is 0 Å². The van der Waals surface area contributed by atoms with Gasteiger partial charge in [0.15, 0.2) is 11.5 Å². The summed E-state index contributed by atoms with van der Waals surface area (Å²) in [5.74, 6) is 1.33. The molecule has 1 aliphatic rings. The highest BCUT2D eigenvalue weighted by Crippen LogP contribution is 2.33. The second-order valence-corrected chi connectivity index (χ2v) is 6.17. The highest BCUT2D eigenvalue weighted by molar-refractivity contribution is 5.91. The Balaban J connectivity index is 1.50. The Labute approximate surface area is 152 Å². The first-order valence-corrected chi connectivity index (χ1v) is 8.66. The van der Waals surface area contributed by atoms with Crippen molar-refractivity contribution >= 4 is 11.6 Å². The van der Waals surface area contributed by atoms with E-state index < -0.39 is 0 Å². The van der Waals surface area contributed by atoms with Crippen LogP contribution in [0.4, 0.5) is 5.69 Å². The highest BCUT2D eigenvalue weighted by Gasteiger charge is 2.18. The predicted octanol–water partition coefficient (Wildman–Crippen LogP) is 3.88. The zero-order valence-corrected chi connectivity index (χ0v) is 14.3. The second-order valence-electron chi connectivity index (χ2n) is 6.17. The summed E-state index contributed by atoms with van der Waals surface area (Å²) in [5, 5.41) is 2.97. The molecule has 5 heteroatoms. The van der Waals surface area contributed by atoms with Crippen LogP contribution in [0.25, 0.3) is 0 Å². The molecule has 1 atom stereocenters. The number of rotatable bonds is 5. The first kappa shape index (κ1) is 16.3. The smallest absolute Gasteiger partial charge is 0.226 e. The summed E-state index contributed by atoms with van der Waals surface area (Å²) in [4.78, 5) is 12.7. The topological polar surface area (TPSA) is 52.5 Å². The van der Waals surface area contributed by atoms with Crippen LogP contribution in [0, 0.1) is 0 Å². The molecule has 2 heterocycles. The third-order valence-corrected chi connectivity index (χ3v) is 4.38. The Kier molecular flexibility index (Phi) is 4.60. The van der Waals surface area contributed by atoms with Crippen molar-refractivity contribution in [2.45, 2.75) is 12.5 Å². The first-order valence-electron chi connectivity index (χ1n) is 8.66. The van der Waals surface area contributed by atoms with Crippen molar-refractivity contribution in [3.63, 3.8) is 0 Å². The minimum Gasteiger partial charge on any atom is -0.486 e. The van der Waals surface area contributed by atoms with Crippen LogP contribution in [-0.2, 0) is 4.79 Å². The molecule has 0 saturated carbocycles. The lowest BCUT2D eigenvalue weighted by Gasteiger charge is -2.21. The van der Waals surface area contributed by atoms with E-state index in [4.69, 9.17) is 9.47 Å². The van der Waals surface area contributed by atoms with Crippen LogP contribution in [0.2, 0.25) is 0 Å². The van der Waals surface area contributed by atoms with Gasteiger partial charge in [0.25, 0.3) is 0 Å². The molecule has 0 unspecified atom stereocenters. The number of fused-ring (bicyclic) bond motifs is 1. The number of amides is 1. The molecule has 0 spiro atoms. The maximum atomic E-state index is 12.7. The summed E-state index contributed by atoms with van der Waals surface area (Å²) in [7, 11) is 0.